The number of nitrogens with one attached hydrogen (secondary N) is 1. The second-order valence-electron chi connectivity index (χ2n) is 5.78. The maximum atomic E-state index is 13.7. The Balaban J connectivity index is 1.99. The molecular formula is C18H21FN4. The molecule has 1 atom stereocenters. The van der Waals surface area contributed by atoms with Crippen LogP contribution in [-0.2, 0) is 6.54 Å². The van der Waals surface area contributed by atoms with Gasteiger partial charge in [0.05, 0.1) is 23.4 Å². The second kappa shape index (κ2) is 6.36. The number of fused-ring (bicyclic) bond motifs is 1. The molecule has 23 heavy (non-hydrogen) atoms. The minimum absolute atomic E-state index is 0.369. The number of hydrogen-bond donors (Lipinski definition) is 1. The van der Waals surface area contributed by atoms with Crippen LogP contribution in [-0.4, -0.2) is 20.7 Å². The maximum Gasteiger partial charge on any atom is 0.139 e. The van der Waals surface area contributed by atoms with Crippen molar-refractivity contribution in [1.29, 1.82) is 0 Å². The normalized spacial score (nSPS) is 12.5. The molecule has 0 aliphatic rings. The molecule has 0 fully saturated rings. The van der Waals surface area contributed by atoms with Gasteiger partial charge >= 0.3 is 0 Å². The number of nitrogens with zero attached hydrogens (tertiary/aromatic N) is 3. The lowest BCUT2D eigenvalue weighted by Gasteiger charge is -2.13. The first-order chi connectivity index (χ1) is 11.1. The van der Waals surface area contributed by atoms with Crippen molar-refractivity contribution in [3.05, 3.63) is 48.0 Å². The second-order valence-corrected chi connectivity index (χ2v) is 5.78. The molecule has 0 saturated heterocycles. The van der Waals surface area contributed by atoms with Gasteiger partial charge < -0.3 is 9.88 Å². The van der Waals surface area contributed by atoms with Crippen molar-refractivity contribution in [1.82, 2.24) is 14.5 Å². The van der Waals surface area contributed by atoms with E-state index in [0.717, 1.165) is 33.7 Å². The first-order valence-electron chi connectivity index (χ1n) is 7.87. The predicted molar refractivity (Wildman–Crippen MR) is 91.9 cm³/mol. The smallest absolute Gasteiger partial charge is 0.139 e. The molecule has 120 valence electrons. The highest BCUT2D eigenvalue weighted by Crippen LogP contribution is 2.28. The van der Waals surface area contributed by atoms with Crippen molar-refractivity contribution in [3.63, 3.8) is 0 Å². The molecular weight excluding hydrogens is 291 g/mol. The molecule has 3 aromatic heterocycles. The van der Waals surface area contributed by atoms with Gasteiger partial charge in [0, 0.05) is 24.0 Å². The third kappa shape index (κ3) is 3.04. The lowest BCUT2D eigenvalue weighted by Crippen LogP contribution is -2.09. The number of pyridine rings is 2. The zero-order valence-electron chi connectivity index (χ0n) is 13.7. The highest BCUT2D eigenvalue weighted by Gasteiger charge is 2.12. The van der Waals surface area contributed by atoms with Gasteiger partial charge in [0.25, 0.3) is 0 Å². The topological polar surface area (TPSA) is 42.7 Å². The molecule has 0 bridgehead atoms. The number of rotatable bonds is 5. The summed E-state index contributed by atoms with van der Waals surface area (Å²) in [4.78, 5) is 8.78. The van der Waals surface area contributed by atoms with Gasteiger partial charge in [0.15, 0.2) is 0 Å². The summed E-state index contributed by atoms with van der Waals surface area (Å²) in [6.07, 6.45) is 5.15. The minimum atomic E-state index is -0.835. The third-order valence-corrected chi connectivity index (χ3v) is 4.13. The molecule has 1 unspecified atom stereocenters. The van der Waals surface area contributed by atoms with E-state index in [1.54, 1.807) is 12.4 Å². The highest BCUT2D eigenvalue weighted by molar-refractivity contribution is 5.92. The molecule has 0 spiro atoms. The van der Waals surface area contributed by atoms with E-state index in [-0.39, 0.29) is 0 Å². The standard InChI is InChI=1S/C18H21FN4/c1-4-14(19)11-23-10-7-15-16(23)6-9-21-18(15)22-17-12(2)5-8-20-13(17)3/h5-10,14H,4,11H2,1-3H3,(H,21,22). The largest absolute Gasteiger partial charge is 0.344 e. The molecule has 0 radical (unpaired) electrons. The van der Waals surface area contributed by atoms with Crippen molar-refractivity contribution >= 4 is 22.4 Å². The molecule has 4 nitrogen and oxygen atoms in total. The van der Waals surface area contributed by atoms with E-state index in [1.165, 1.54) is 0 Å². The number of hydrogen-bond acceptors (Lipinski definition) is 3. The van der Waals surface area contributed by atoms with E-state index in [2.05, 4.69) is 15.3 Å². The zero-order valence-corrected chi connectivity index (χ0v) is 13.7. The van der Waals surface area contributed by atoms with Gasteiger partial charge in [-0.25, -0.2) is 9.37 Å². The van der Waals surface area contributed by atoms with Gasteiger partial charge in [0.2, 0.25) is 0 Å². The quantitative estimate of drug-likeness (QED) is 0.752. The van der Waals surface area contributed by atoms with Crippen LogP contribution in [0.15, 0.2) is 36.8 Å². The number of aromatic nitrogens is 3. The van der Waals surface area contributed by atoms with Crippen molar-refractivity contribution in [2.75, 3.05) is 5.32 Å². The summed E-state index contributed by atoms with van der Waals surface area (Å²) in [5.41, 5.74) is 4.00. The monoisotopic (exact) mass is 312 g/mol. The fourth-order valence-electron chi connectivity index (χ4n) is 2.73. The maximum absolute atomic E-state index is 13.7. The average molecular weight is 312 g/mol. The molecule has 0 saturated carbocycles. The van der Waals surface area contributed by atoms with Crippen LogP contribution in [0, 0.1) is 13.8 Å². The molecule has 3 aromatic rings. The fraction of sp³-hybridized carbons (Fsp3) is 0.333. The highest BCUT2D eigenvalue weighted by atomic mass is 19.1. The van der Waals surface area contributed by atoms with Gasteiger partial charge in [0.1, 0.15) is 12.0 Å². The summed E-state index contributed by atoms with van der Waals surface area (Å²) in [5.74, 6) is 0.771. The molecule has 0 aliphatic heterocycles. The van der Waals surface area contributed by atoms with Crippen LogP contribution in [0.4, 0.5) is 15.9 Å². The van der Waals surface area contributed by atoms with Crippen molar-refractivity contribution in [3.8, 4) is 0 Å². The Morgan fingerprint density at radius 3 is 2.70 bits per heavy atom. The van der Waals surface area contributed by atoms with E-state index in [4.69, 9.17) is 0 Å². The minimum Gasteiger partial charge on any atom is -0.344 e. The number of aryl methyl sites for hydroxylation is 2. The molecule has 5 heteroatoms. The lowest BCUT2D eigenvalue weighted by molar-refractivity contribution is 0.290. The van der Waals surface area contributed by atoms with Gasteiger partial charge in [-0.15, -0.1) is 0 Å². The Morgan fingerprint density at radius 2 is 1.96 bits per heavy atom. The van der Waals surface area contributed by atoms with Crippen LogP contribution >= 0.6 is 0 Å². The van der Waals surface area contributed by atoms with E-state index in [9.17, 15) is 4.39 Å². The number of alkyl halides is 1. The van der Waals surface area contributed by atoms with E-state index in [1.807, 2.05) is 49.7 Å². The summed E-state index contributed by atoms with van der Waals surface area (Å²) in [5, 5.41) is 4.37. The van der Waals surface area contributed by atoms with Gasteiger partial charge in [-0.3, -0.25) is 4.98 Å². The van der Waals surface area contributed by atoms with Crippen LogP contribution in [0.25, 0.3) is 10.9 Å². The van der Waals surface area contributed by atoms with Crippen molar-refractivity contribution in [2.24, 2.45) is 0 Å². The van der Waals surface area contributed by atoms with Crippen LogP contribution in [0.2, 0.25) is 0 Å². The summed E-state index contributed by atoms with van der Waals surface area (Å²) in [6, 6.07) is 5.87. The molecule has 3 heterocycles. The van der Waals surface area contributed by atoms with Crippen molar-refractivity contribution < 1.29 is 4.39 Å². The molecule has 3 rings (SSSR count). The first kappa shape index (κ1) is 15.5. The fourth-order valence-corrected chi connectivity index (χ4v) is 2.73. The SMILES string of the molecule is CCC(F)Cn1ccc2c(Nc3c(C)ccnc3C)nccc21. The Kier molecular flexibility index (Phi) is 4.28. The summed E-state index contributed by atoms with van der Waals surface area (Å²) >= 11 is 0. The number of halogens is 1. The summed E-state index contributed by atoms with van der Waals surface area (Å²) in [7, 11) is 0. The number of anilines is 2. The summed E-state index contributed by atoms with van der Waals surface area (Å²) < 4.78 is 15.7. The molecule has 1 N–H and O–H groups in total. The Morgan fingerprint density at radius 1 is 1.17 bits per heavy atom. The van der Waals surface area contributed by atoms with Crippen LogP contribution in [0.5, 0.6) is 0 Å². The zero-order chi connectivity index (χ0) is 16.4. The van der Waals surface area contributed by atoms with Gasteiger partial charge in [-0.2, -0.15) is 0 Å². The van der Waals surface area contributed by atoms with E-state index in [0.29, 0.717) is 13.0 Å². The molecule has 0 aromatic carbocycles. The van der Waals surface area contributed by atoms with Crippen LogP contribution in [0.3, 0.4) is 0 Å². The molecule has 0 amide bonds. The van der Waals surface area contributed by atoms with Crippen LogP contribution < -0.4 is 5.32 Å². The average Bonchev–Trinajstić information content (AvgIpc) is 2.95. The third-order valence-electron chi connectivity index (χ3n) is 4.13. The first-order valence-corrected chi connectivity index (χ1v) is 7.87. The Hall–Kier alpha value is -2.43. The molecule has 0 aliphatic carbocycles. The van der Waals surface area contributed by atoms with E-state index < -0.39 is 6.17 Å². The van der Waals surface area contributed by atoms with Crippen LogP contribution in [0.1, 0.15) is 24.6 Å². The van der Waals surface area contributed by atoms with Gasteiger partial charge in [-0.05, 0) is 44.0 Å². The Bertz CT molecular complexity index is 805. The predicted octanol–water partition coefficient (Wildman–Crippen LogP) is 4.54. The van der Waals surface area contributed by atoms with Crippen molar-refractivity contribution in [2.45, 2.75) is 39.9 Å². The van der Waals surface area contributed by atoms with Gasteiger partial charge in [-0.1, -0.05) is 6.92 Å². The van der Waals surface area contributed by atoms with E-state index >= 15 is 0 Å². The summed E-state index contributed by atoms with van der Waals surface area (Å²) in [6.45, 7) is 6.24. The lowest BCUT2D eigenvalue weighted by atomic mass is 10.2. The Labute approximate surface area is 135 Å².